The molecule has 19 heavy (non-hydrogen) atoms. The maximum atomic E-state index is 5.40. The molecule has 0 aromatic carbocycles. The van der Waals surface area contributed by atoms with Crippen molar-refractivity contribution in [3.63, 3.8) is 0 Å². The standard InChI is InChI=1S/C14H24N4O/c1-4-18(5-2)11-14(8-9-14)17-13-15-10-7-12(16-13)19-6-3/h7,10H,4-6,8-9,11H2,1-3H3,(H,15,16,17). The summed E-state index contributed by atoms with van der Waals surface area (Å²) in [5.74, 6) is 1.31. The molecule has 5 nitrogen and oxygen atoms in total. The van der Waals surface area contributed by atoms with Crippen LogP contribution in [0.15, 0.2) is 12.3 Å². The minimum atomic E-state index is 0.164. The lowest BCUT2D eigenvalue weighted by Gasteiger charge is -2.25. The Labute approximate surface area is 115 Å². The Morgan fingerprint density at radius 1 is 1.32 bits per heavy atom. The van der Waals surface area contributed by atoms with Gasteiger partial charge in [-0.1, -0.05) is 13.8 Å². The molecule has 1 fully saturated rings. The molecule has 1 aromatic heterocycles. The summed E-state index contributed by atoms with van der Waals surface area (Å²) in [6, 6.07) is 1.79. The van der Waals surface area contributed by atoms with Crippen LogP contribution in [-0.4, -0.2) is 46.6 Å². The van der Waals surface area contributed by atoms with Gasteiger partial charge in [-0.05, 0) is 32.9 Å². The molecule has 106 valence electrons. The molecule has 0 spiro atoms. The first-order chi connectivity index (χ1) is 9.21. The predicted octanol–water partition coefficient (Wildman–Crippen LogP) is 2.16. The average Bonchev–Trinajstić information content (AvgIpc) is 3.16. The van der Waals surface area contributed by atoms with E-state index in [1.165, 1.54) is 12.8 Å². The largest absolute Gasteiger partial charge is 0.478 e. The summed E-state index contributed by atoms with van der Waals surface area (Å²) in [6.07, 6.45) is 4.12. The topological polar surface area (TPSA) is 50.3 Å². The molecule has 2 rings (SSSR count). The fourth-order valence-electron chi connectivity index (χ4n) is 2.22. The number of aromatic nitrogens is 2. The Morgan fingerprint density at radius 3 is 2.63 bits per heavy atom. The van der Waals surface area contributed by atoms with E-state index in [9.17, 15) is 0 Å². The fraction of sp³-hybridized carbons (Fsp3) is 0.714. The predicted molar refractivity (Wildman–Crippen MR) is 76.6 cm³/mol. The van der Waals surface area contributed by atoms with E-state index in [4.69, 9.17) is 4.74 Å². The SMILES string of the molecule is CCOc1ccnc(NC2(CN(CC)CC)CC2)n1. The van der Waals surface area contributed by atoms with Crippen molar-refractivity contribution in [3.05, 3.63) is 12.3 Å². The summed E-state index contributed by atoms with van der Waals surface area (Å²) in [5, 5.41) is 3.48. The van der Waals surface area contributed by atoms with Crippen molar-refractivity contribution in [1.29, 1.82) is 0 Å². The highest BCUT2D eigenvalue weighted by Crippen LogP contribution is 2.39. The highest BCUT2D eigenvalue weighted by atomic mass is 16.5. The van der Waals surface area contributed by atoms with Crippen LogP contribution < -0.4 is 10.1 Å². The minimum Gasteiger partial charge on any atom is -0.478 e. The Kier molecular flexibility index (Phi) is 4.58. The van der Waals surface area contributed by atoms with E-state index in [2.05, 4.69) is 34.0 Å². The molecular formula is C14H24N4O. The van der Waals surface area contributed by atoms with Crippen molar-refractivity contribution in [3.8, 4) is 5.88 Å². The highest BCUT2D eigenvalue weighted by Gasteiger charge is 2.44. The first-order valence-electron chi connectivity index (χ1n) is 7.17. The number of nitrogens with one attached hydrogen (secondary N) is 1. The number of nitrogens with zero attached hydrogens (tertiary/aromatic N) is 3. The first kappa shape index (κ1) is 14.1. The molecule has 1 aliphatic rings. The molecule has 0 radical (unpaired) electrons. The van der Waals surface area contributed by atoms with Gasteiger partial charge in [0.2, 0.25) is 11.8 Å². The summed E-state index contributed by atoms with van der Waals surface area (Å²) >= 11 is 0. The van der Waals surface area contributed by atoms with E-state index in [0.29, 0.717) is 18.4 Å². The van der Waals surface area contributed by atoms with Crippen LogP contribution in [-0.2, 0) is 0 Å². The van der Waals surface area contributed by atoms with Crippen LogP contribution in [0.3, 0.4) is 0 Å². The minimum absolute atomic E-state index is 0.164. The number of hydrogen-bond acceptors (Lipinski definition) is 5. The molecule has 1 aromatic rings. The second kappa shape index (κ2) is 6.19. The van der Waals surface area contributed by atoms with Crippen LogP contribution in [0.1, 0.15) is 33.6 Å². The number of anilines is 1. The van der Waals surface area contributed by atoms with Gasteiger partial charge in [-0.25, -0.2) is 4.98 Å². The fourth-order valence-corrected chi connectivity index (χ4v) is 2.22. The zero-order valence-electron chi connectivity index (χ0n) is 12.1. The summed E-state index contributed by atoms with van der Waals surface area (Å²) in [7, 11) is 0. The average molecular weight is 264 g/mol. The van der Waals surface area contributed by atoms with Crippen LogP contribution in [0.4, 0.5) is 5.95 Å². The number of rotatable bonds is 8. The highest BCUT2D eigenvalue weighted by molar-refractivity contribution is 5.35. The van der Waals surface area contributed by atoms with E-state index in [0.717, 1.165) is 19.6 Å². The number of hydrogen-bond donors (Lipinski definition) is 1. The van der Waals surface area contributed by atoms with Crippen molar-refractivity contribution in [2.75, 3.05) is 31.6 Å². The van der Waals surface area contributed by atoms with Gasteiger partial charge in [0.15, 0.2) is 0 Å². The molecule has 0 amide bonds. The van der Waals surface area contributed by atoms with Gasteiger partial charge >= 0.3 is 0 Å². The Morgan fingerprint density at radius 2 is 2.05 bits per heavy atom. The molecule has 1 aliphatic carbocycles. The molecule has 0 aliphatic heterocycles. The Balaban J connectivity index is 1.98. The number of likely N-dealkylation sites (N-methyl/N-ethyl adjacent to an activating group) is 1. The van der Waals surface area contributed by atoms with Gasteiger partial charge in [0.05, 0.1) is 12.1 Å². The van der Waals surface area contributed by atoms with Crippen molar-refractivity contribution in [1.82, 2.24) is 14.9 Å². The molecule has 1 N–H and O–H groups in total. The van der Waals surface area contributed by atoms with Gasteiger partial charge in [0.1, 0.15) is 0 Å². The van der Waals surface area contributed by atoms with Crippen LogP contribution in [0.25, 0.3) is 0 Å². The molecule has 0 atom stereocenters. The molecule has 5 heteroatoms. The van der Waals surface area contributed by atoms with Gasteiger partial charge in [-0.15, -0.1) is 0 Å². The zero-order valence-corrected chi connectivity index (χ0v) is 12.1. The van der Waals surface area contributed by atoms with Crippen molar-refractivity contribution in [2.24, 2.45) is 0 Å². The normalized spacial score (nSPS) is 16.4. The van der Waals surface area contributed by atoms with Gasteiger partial charge in [-0.3, -0.25) is 0 Å². The third-order valence-electron chi connectivity index (χ3n) is 3.57. The van der Waals surface area contributed by atoms with Crippen LogP contribution in [0, 0.1) is 0 Å². The zero-order chi connectivity index (χ0) is 13.7. The summed E-state index contributed by atoms with van der Waals surface area (Å²) in [4.78, 5) is 11.1. The second-order valence-corrected chi connectivity index (χ2v) is 5.02. The first-order valence-corrected chi connectivity index (χ1v) is 7.17. The molecule has 0 saturated heterocycles. The van der Waals surface area contributed by atoms with Gasteiger partial charge in [-0.2, -0.15) is 4.98 Å². The number of ether oxygens (including phenoxy) is 1. The van der Waals surface area contributed by atoms with Gasteiger partial charge in [0, 0.05) is 18.8 Å². The van der Waals surface area contributed by atoms with E-state index in [-0.39, 0.29) is 5.54 Å². The monoisotopic (exact) mass is 264 g/mol. The summed E-state index contributed by atoms with van der Waals surface area (Å²) in [6.45, 7) is 10.2. The third kappa shape index (κ3) is 3.80. The van der Waals surface area contributed by atoms with Crippen molar-refractivity contribution in [2.45, 2.75) is 39.2 Å². The van der Waals surface area contributed by atoms with E-state index >= 15 is 0 Å². The van der Waals surface area contributed by atoms with E-state index < -0.39 is 0 Å². The molecular weight excluding hydrogens is 240 g/mol. The molecule has 1 saturated carbocycles. The van der Waals surface area contributed by atoms with Crippen LogP contribution >= 0.6 is 0 Å². The van der Waals surface area contributed by atoms with E-state index in [1.54, 1.807) is 12.3 Å². The second-order valence-electron chi connectivity index (χ2n) is 5.02. The van der Waals surface area contributed by atoms with Crippen LogP contribution in [0.2, 0.25) is 0 Å². The maximum absolute atomic E-state index is 5.40. The lowest BCUT2D eigenvalue weighted by atomic mass is 10.2. The molecule has 0 bridgehead atoms. The smallest absolute Gasteiger partial charge is 0.226 e. The Hall–Kier alpha value is -1.36. The molecule has 0 unspecified atom stereocenters. The van der Waals surface area contributed by atoms with Crippen LogP contribution in [0.5, 0.6) is 5.88 Å². The van der Waals surface area contributed by atoms with Crippen molar-refractivity contribution < 1.29 is 4.74 Å². The third-order valence-corrected chi connectivity index (χ3v) is 3.57. The van der Waals surface area contributed by atoms with E-state index in [1.807, 2.05) is 6.92 Å². The van der Waals surface area contributed by atoms with Gasteiger partial charge in [0.25, 0.3) is 0 Å². The maximum Gasteiger partial charge on any atom is 0.226 e. The van der Waals surface area contributed by atoms with Crippen molar-refractivity contribution >= 4 is 5.95 Å². The molecule has 1 heterocycles. The lowest BCUT2D eigenvalue weighted by Crippen LogP contribution is -2.38. The lowest BCUT2D eigenvalue weighted by molar-refractivity contribution is 0.282. The summed E-state index contributed by atoms with van der Waals surface area (Å²) < 4.78 is 5.40. The van der Waals surface area contributed by atoms with Gasteiger partial charge < -0.3 is 15.0 Å². The Bertz CT molecular complexity index is 402. The summed E-state index contributed by atoms with van der Waals surface area (Å²) in [5.41, 5.74) is 0.164. The quantitative estimate of drug-likeness (QED) is 0.779.